The molecule has 0 bridgehead atoms. The Labute approximate surface area is 112 Å². The van der Waals surface area contributed by atoms with Crippen LogP contribution in [0.2, 0.25) is 0 Å². The van der Waals surface area contributed by atoms with Crippen molar-refractivity contribution in [2.75, 3.05) is 18.5 Å². The van der Waals surface area contributed by atoms with Gasteiger partial charge in [-0.2, -0.15) is 0 Å². The van der Waals surface area contributed by atoms with E-state index in [0.717, 1.165) is 12.0 Å². The second-order valence-electron chi connectivity index (χ2n) is 3.76. The average Bonchev–Trinajstić information content (AvgIpc) is 2.44. The van der Waals surface area contributed by atoms with Crippen molar-refractivity contribution < 1.29 is 14.3 Å². The summed E-state index contributed by atoms with van der Waals surface area (Å²) >= 11 is 0. The number of hydrogen-bond acceptors (Lipinski definition) is 3. The molecular formula is C14H18N2O3. The van der Waals surface area contributed by atoms with E-state index in [2.05, 4.69) is 17.2 Å². The molecule has 0 aromatic heterocycles. The van der Waals surface area contributed by atoms with Crippen molar-refractivity contribution in [1.29, 1.82) is 0 Å². The maximum absolute atomic E-state index is 11.7. The maximum Gasteiger partial charge on any atom is 0.313 e. The molecule has 0 fully saturated rings. The number of hydrogen-bond donors (Lipinski definition) is 2. The SMILES string of the molecule is C=COCCNC(=O)C(=O)Nc1ccccc1CC. The highest BCUT2D eigenvalue weighted by Crippen LogP contribution is 2.14. The molecule has 0 atom stereocenters. The summed E-state index contributed by atoms with van der Waals surface area (Å²) < 4.78 is 4.84. The number of rotatable bonds is 6. The lowest BCUT2D eigenvalue weighted by Gasteiger charge is -2.09. The standard InChI is InChI=1S/C14H18N2O3/c1-3-11-7-5-6-8-12(11)16-14(18)13(17)15-9-10-19-4-2/h4-8H,2-3,9-10H2,1H3,(H,15,17)(H,16,18). The molecule has 0 saturated carbocycles. The number of carbonyl (C=O) groups is 2. The Morgan fingerprint density at radius 3 is 2.74 bits per heavy atom. The zero-order valence-electron chi connectivity index (χ0n) is 10.9. The van der Waals surface area contributed by atoms with E-state index in [1.807, 2.05) is 25.1 Å². The molecule has 0 heterocycles. The van der Waals surface area contributed by atoms with Gasteiger partial charge in [0.2, 0.25) is 0 Å². The first-order chi connectivity index (χ1) is 9.19. The van der Waals surface area contributed by atoms with Gasteiger partial charge in [-0.05, 0) is 18.1 Å². The molecule has 19 heavy (non-hydrogen) atoms. The van der Waals surface area contributed by atoms with Crippen LogP contribution in [-0.2, 0) is 20.7 Å². The molecule has 5 heteroatoms. The largest absolute Gasteiger partial charge is 0.500 e. The van der Waals surface area contributed by atoms with Crippen LogP contribution in [0.1, 0.15) is 12.5 Å². The first-order valence-corrected chi connectivity index (χ1v) is 6.08. The molecule has 0 aliphatic carbocycles. The summed E-state index contributed by atoms with van der Waals surface area (Å²) in [6.45, 7) is 5.90. The van der Waals surface area contributed by atoms with Crippen molar-refractivity contribution in [1.82, 2.24) is 5.32 Å². The Morgan fingerprint density at radius 2 is 2.05 bits per heavy atom. The van der Waals surface area contributed by atoms with E-state index in [9.17, 15) is 9.59 Å². The molecule has 0 spiro atoms. The Bertz CT molecular complexity index is 458. The molecule has 1 rings (SSSR count). The van der Waals surface area contributed by atoms with E-state index in [0.29, 0.717) is 5.69 Å². The van der Waals surface area contributed by atoms with Gasteiger partial charge in [-0.1, -0.05) is 31.7 Å². The van der Waals surface area contributed by atoms with Crippen molar-refractivity contribution in [2.45, 2.75) is 13.3 Å². The van der Waals surface area contributed by atoms with E-state index in [-0.39, 0.29) is 13.2 Å². The molecule has 2 N–H and O–H groups in total. The number of anilines is 1. The lowest BCUT2D eigenvalue weighted by Crippen LogP contribution is -2.37. The highest BCUT2D eigenvalue weighted by atomic mass is 16.5. The maximum atomic E-state index is 11.7. The van der Waals surface area contributed by atoms with Crippen molar-refractivity contribution in [2.24, 2.45) is 0 Å². The first kappa shape index (κ1) is 14.8. The number of aryl methyl sites for hydroxylation is 1. The molecule has 0 unspecified atom stereocenters. The van der Waals surface area contributed by atoms with Gasteiger partial charge in [-0.3, -0.25) is 9.59 Å². The molecule has 2 amide bonds. The van der Waals surface area contributed by atoms with Gasteiger partial charge in [0.25, 0.3) is 0 Å². The van der Waals surface area contributed by atoms with Crippen molar-refractivity contribution in [3.05, 3.63) is 42.7 Å². The molecule has 1 aromatic carbocycles. The van der Waals surface area contributed by atoms with E-state index in [4.69, 9.17) is 4.74 Å². The van der Waals surface area contributed by atoms with Crippen LogP contribution in [0.5, 0.6) is 0 Å². The summed E-state index contributed by atoms with van der Waals surface area (Å²) in [7, 11) is 0. The summed E-state index contributed by atoms with van der Waals surface area (Å²) in [5.74, 6) is -1.36. The monoisotopic (exact) mass is 262 g/mol. The Morgan fingerprint density at radius 1 is 1.32 bits per heavy atom. The Balaban J connectivity index is 2.49. The van der Waals surface area contributed by atoms with Gasteiger partial charge in [0.15, 0.2) is 0 Å². The van der Waals surface area contributed by atoms with Crippen LogP contribution in [0.25, 0.3) is 0 Å². The number of carbonyl (C=O) groups excluding carboxylic acids is 2. The van der Waals surface area contributed by atoms with Crippen molar-refractivity contribution in [3.8, 4) is 0 Å². The third-order valence-electron chi connectivity index (χ3n) is 2.48. The topological polar surface area (TPSA) is 67.4 Å². The predicted octanol–water partition coefficient (Wildman–Crippen LogP) is 1.46. The molecule has 0 radical (unpaired) electrons. The third-order valence-corrected chi connectivity index (χ3v) is 2.48. The predicted molar refractivity (Wildman–Crippen MR) is 73.6 cm³/mol. The highest BCUT2D eigenvalue weighted by Gasteiger charge is 2.14. The van der Waals surface area contributed by atoms with Gasteiger partial charge in [-0.25, -0.2) is 0 Å². The number of ether oxygens (including phenoxy) is 1. The zero-order chi connectivity index (χ0) is 14.1. The highest BCUT2D eigenvalue weighted by molar-refractivity contribution is 6.39. The van der Waals surface area contributed by atoms with Crippen LogP contribution in [0.3, 0.4) is 0 Å². The average molecular weight is 262 g/mol. The zero-order valence-corrected chi connectivity index (χ0v) is 10.9. The van der Waals surface area contributed by atoms with Crippen LogP contribution in [-0.4, -0.2) is 25.0 Å². The van der Waals surface area contributed by atoms with Gasteiger partial charge in [0, 0.05) is 5.69 Å². The summed E-state index contributed by atoms with van der Waals surface area (Å²) in [4.78, 5) is 23.2. The smallest absolute Gasteiger partial charge is 0.313 e. The fraction of sp³-hybridized carbons (Fsp3) is 0.286. The van der Waals surface area contributed by atoms with Crippen LogP contribution < -0.4 is 10.6 Å². The van der Waals surface area contributed by atoms with Crippen molar-refractivity contribution in [3.63, 3.8) is 0 Å². The van der Waals surface area contributed by atoms with Crippen LogP contribution in [0, 0.1) is 0 Å². The van der Waals surface area contributed by atoms with Gasteiger partial charge >= 0.3 is 11.8 Å². The normalized spacial score (nSPS) is 9.53. The fourth-order valence-corrected chi connectivity index (χ4v) is 1.52. The van der Waals surface area contributed by atoms with Gasteiger partial charge in [0.1, 0.15) is 6.61 Å². The summed E-state index contributed by atoms with van der Waals surface area (Å²) in [5.41, 5.74) is 1.64. The summed E-state index contributed by atoms with van der Waals surface area (Å²) in [5, 5.41) is 5.04. The number of amides is 2. The quantitative estimate of drug-likeness (QED) is 0.463. The minimum absolute atomic E-state index is 0.258. The summed E-state index contributed by atoms with van der Waals surface area (Å²) in [6.07, 6.45) is 2.06. The molecule has 0 saturated heterocycles. The van der Waals surface area contributed by atoms with Crippen LogP contribution in [0.15, 0.2) is 37.1 Å². The molecule has 1 aromatic rings. The third kappa shape index (κ3) is 4.83. The van der Waals surface area contributed by atoms with E-state index in [1.54, 1.807) is 6.07 Å². The molecule has 0 aliphatic heterocycles. The fourth-order valence-electron chi connectivity index (χ4n) is 1.52. The molecule has 5 nitrogen and oxygen atoms in total. The number of benzene rings is 1. The minimum Gasteiger partial charge on any atom is -0.500 e. The Kier molecular flexibility index (Phi) is 6.15. The Hall–Kier alpha value is -2.30. The number of nitrogens with one attached hydrogen (secondary N) is 2. The lowest BCUT2D eigenvalue weighted by atomic mass is 10.1. The van der Waals surface area contributed by atoms with E-state index in [1.165, 1.54) is 6.26 Å². The second-order valence-corrected chi connectivity index (χ2v) is 3.76. The van der Waals surface area contributed by atoms with Gasteiger partial charge < -0.3 is 15.4 Å². The minimum atomic E-state index is -0.682. The molecule has 102 valence electrons. The number of para-hydroxylation sites is 1. The van der Waals surface area contributed by atoms with Crippen molar-refractivity contribution >= 4 is 17.5 Å². The molecule has 0 aliphatic rings. The van der Waals surface area contributed by atoms with Crippen LogP contribution in [0.4, 0.5) is 5.69 Å². The van der Waals surface area contributed by atoms with Gasteiger partial charge in [-0.15, -0.1) is 0 Å². The lowest BCUT2D eigenvalue weighted by molar-refractivity contribution is -0.136. The van der Waals surface area contributed by atoms with Gasteiger partial charge in [0.05, 0.1) is 12.8 Å². The molecular weight excluding hydrogens is 244 g/mol. The van der Waals surface area contributed by atoms with E-state index < -0.39 is 11.8 Å². The van der Waals surface area contributed by atoms with Crippen LogP contribution >= 0.6 is 0 Å². The summed E-state index contributed by atoms with van der Waals surface area (Å²) in [6, 6.07) is 7.38. The first-order valence-electron chi connectivity index (χ1n) is 6.08. The van der Waals surface area contributed by atoms with E-state index >= 15 is 0 Å². The second kappa shape index (κ2) is 7.92.